The van der Waals surface area contributed by atoms with E-state index >= 15 is 0 Å². The van der Waals surface area contributed by atoms with E-state index in [0.717, 1.165) is 12.8 Å². The summed E-state index contributed by atoms with van der Waals surface area (Å²) < 4.78 is 0. The summed E-state index contributed by atoms with van der Waals surface area (Å²) in [5.41, 5.74) is 5.87. The van der Waals surface area contributed by atoms with Crippen LogP contribution in [0.5, 0.6) is 0 Å². The van der Waals surface area contributed by atoms with Crippen LogP contribution in [0.4, 0.5) is 10.6 Å². The number of aromatic nitrogens is 1. The summed E-state index contributed by atoms with van der Waals surface area (Å²) in [6, 6.07) is 3.89. The Hall–Kier alpha value is -2.31. The monoisotopic (exact) mass is 345 g/mol. The van der Waals surface area contributed by atoms with Crippen LogP contribution in [0.2, 0.25) is 0 Å². The van der Waals surface area contributed by atoms with Gasteiger partial charge in [-0.1, -0.05) is 19.3 Å². The molecule has 1 saturated heterocycles. The first-order valence-corrected chi connectivity index (χ1v) is 9.09. The van der Waals surface area contributed by atoms with E-state index in [1.54, 1.807) is 18.3 Å². The van der Waals surface area contributed by atoms with Crippen molar-refractivity contribution in [2.24, 2.45) is 5.73 Å². The molecule has 1 aliphatic carbocycles. The van der Waals surface area contributed by atoms with Crippen LogP contribution in [-0.2, 0) is 0 Å². The summed E-state index contributed by atoms with van der Waals surface area (Å²) in [7, 11) is 1.93. The van der Waals surface area contributed by atoms with Gasteiger partial charge < -0.3 is 20.4 Å². The van der Waals surface area contributed by atoms with Crippen LogP contribution in [0.3, 0.4) is 0 Å². The Balaban J connectivity index is 1.60. The Bertz CT molecular complexity index is 622. The molecule has 1 aliphatic heterocycles. The fourth-order valence-electron chi connectivity index (χ4n) is 3.80. The molecule has 3 amide bonds. The number of amides is 3. The number of rotatable bonds is 3. The van der Waals surface area contributed by atoms with E-state index in [-0.39, 0.29) is 6.03 Å². The van der Waals surface area contributed by atoms with Crippen molar-refractivity contribution in [3.8, 4) is 0 Å². The Kier molecular flexibility index (Phi) is 5.40. The Morgan fingerprint density at radius 2 is 1.84 bits per heavy atom. The molecule has 7 nitrogen and oxygen atoms in total. The predicted octanol–water partition coefficient (Wildman–Crippen LogP) is 1.69. The van der Waals surface area contributed by atoms with E-state index in [2.05, 4.69) is 4.98 Å². The molecule has 3 rings (SSSR count). The van der Waals surface area contributed by atoms with Crippen LogP contribution >= 0.6 is 0 Å². The zero-order valence-electron chi connectivity index (χ0n) is 14.9. The van der Waals surface area contributed by atoms with E-state index < -0.39 is 5.91 Å². The van der Waals surface area contributed by atoms with Crippen molar-refractivity contribution in [1.82, 2.24) is 14.8 Å². The lowest BCUT2D eigenvalue weighted by molar-refractivity contribution is 0.0999. The first-order valence-electron chi connectivity index (χ1n) is 9.09. The number of anilines is 1. The average Bonchev–Trinajstić information content (AvgIpc) is 2.67. The van der Waals surface area contributed by atoms with Crippen molar-refractivity contribution in [3.05, 3.63) is 23.9 Å². The number of carbonyl (C=O) groups excluding carboxylic acids is 2. The SMILES string of the molecule is CN(C(=O)N1CCN(c2ncccc2C(N)=O)CC1)C1CCCCC1. The smallest absolute Gasteiger partial charge is 0.320 e. The number of piperazine rings is 1. The third kappa shape index (κ3) is 3.86. The number of nitrogens with zero attached hydrogens (tertiary/aromatic N) is 4. The van der Waals surface area contributed by atoms with E-state index in [1.807, 2.05) is 21.7 Å². The van der Waals surface area contributed by atoms with Crippen LogP contribution in [0.1, 0.15) is 42.5 Å². The highest BCUT2D eigenvalue weighted by Crippen LogP contribution is 2.23. The van der Waals surface area contributed by atoms with Crippen molar-refractivity contribution >= 4 is 17.8 Å². The quantitative estimate of drug-likeness (QED) is 0.904. The van der Waals surface area contributed by atoms with Crippen molar-refractivity contribution < 1.29 is 9.59 Å². The van der Waals surface area contributed by atoms with Gasteiger partial charge in [-0.25, -0.2) is 9.78 Å². The van der Waals surface area contributed by atoms with Gasteiger partial charge in [0.15, 0.2) is 0 Å². The highest BCUT2D eigenvalue weighted by molar-refractivity contribution is 5.97. The fourth-order valence-corrected chi connectivity index (χ4v) is 3.80. The second kappa shape index (κ2) is 7.72. The summed E-state index contributed by atoms with van der Waals surface area (Å²) >= 11 is 0. The summed E-state index contributed by atoms with van der Waals surface area (Å²) in [6.45, 7) is 2.57. The molecule has 0 unspecified atom stereocenters. The Morgan fingerprint density at radius 1 is 1.16 bits per heavy atom. The van der Waals surface area contributed by atoms with Gasteiger partial charge in [-0.15, -0.1) is 0 Å². The molecule has 25 heavy (non-hydrogen) atoms. The third-order valence-electron chi connectivity index (χ3n) is 5.33. The lowest BCUT2D eigenvalue weighted by Gasteiger charge is -2.40. The number of pyridine rings is 1. The van der Waals surface area contributed by atoms with Crippen LogP contribution in [-0.4, -0.2) is 66.0 Å². The number of carbonyl (C=O) groups is 2. The number of primary amides is 1. The third-order valence-corrected chi connectivity index (χ3v) is 5.33. The van der Waals surface area contributed by atoms with Gasteiger partial charge in [-0.05, 0) is 25.0 Å². The van der Waals surface area contributed by atoms with E-state index in [4.69, 9.17) is 5.73 Å². The molecular formula is C18H27N5O2. The van der Waals surface area contributed by atoms with E-state index in [9.17, 15) is 9.59 Å². The highest BCUT2D eigenvalue weighted by atomic mass is 16.2. The maximum atomic E-state index is 12.8. The maximum absolute atomic E-state index is 12.8. The second-order valence-corrected chi connectivity index (χ2v) is 6.90. The van der Waals surface area contributed by atoms with Gasteiger partial charge in [0.05, 0.1) is 5.56 Å². The van der Waals surface area contributed by atoms with Gasteiger partial charge in [0, 0.05) is 45.5 Å². The molecule has 0 radical (unpaired) electrons. The topological polar surface area (TPSA) is 82.8 Å². The number of nitrogens with two attached hydrogens (primary N) is 1. The lowest BCUT2D eigenvalue weighted by Crippen LogP contribution is -2.54. The summed E-state index contributed by atoms with van der Waals surface area (Å²) in [5, 5.41) is 0. The van der Waals surface area contributed by atoms with Crippen LogP contribution in [0.25, 0.3) is 0 Å². The van der Waals surface area contributed by atoms with E-state index in [0.29, 0.717) is 43.6 Å². The summed E-state index contributed by atoms with van der Waals surface area (Å²) in [5.74, 6) is 0.140. The van der Waals surface area contributed by atoms with Gasteiger partial charge in [0.2, 0.25) is 0 Å². The van der Waals surface area contributed by atoms with Gasteiger partial charge >= 0.3 is 6.03 Å². The van der Waals surface area contributed by atoms with Crippen molar-refractivity contribution in [1.29, 1.82) is 0 Å². The maximum Gasteiger partial charge on any atom is 0.320 e. The van der Waals surface area contributed by atoms with Gasteiger partial charge in [-0.3, -0.25) is 4.79 Å². The largest absolute Gasteiger partial charge is 0.365 e. The molecule has 2 N–H and O–H groups in total. The highest BCUT2D eigenvalue weighted by Gasteiger charge is 2.29. The molecule has 2 aliphatic rings. The molecule has 0 spiro atoms. The second-order valence-electron chi connectivity index (χ2n) is 6.90. The number of hydrogen-bond acceptors (Lipinski definition) is 4. The van der Waals surface area contributed by atoms with Crippen LogP contribution in [0.15, 0.2) is 18.3 Å². The summed E-state index contributed by atoms with van der Waals surface area (Å²) in [4.78, 5) is 34.5. The zero-order valence-corrected chi connectivity index (χ0v) is 14.9. The molecule has 2 heterocycles. The molecule has 0 aromatic carbocycles. The Labute approximate surface area is 148 Å². The van der Waals surface area contributed by atoms with Gasteiger partial charge in [-0.2, -0.15) is 0 Å². The molecule has 1 aromatic heterocycles. The van der Waals surface area contributed by atoms with Gasteiger partial charge in [0.1, 0.15) is 5.82 Å². The molecule has 1 aromatic rings. The number of hydrogen-bond donors (Lipinski definition) is 1. The van der Waals surface area contributed by atoms with Crippen molar-refractivity contribution in [3.63, 3.8) is 0 Å². The minimum Gasteiger partial charge on any atom is -0.365 e. The minimum atomic E-state index is -0.473. The molecular weight excluding hydrogens is 318 g/mol. The molecule has 0 bridgehead atoms. The standard InChI is InChI=1S/C18H27N5O2/c1-21(14-6-3-2-4-7-14)18(25)23-12-10-22(11-13-23)17-15(16(19)24)8-5-9-20-17/h5,8-9,14H,2-4,6-7,10-13H2,1H3,(H2,19,24). The van der Waals surface area contributed by atoms with Crippen LogP contribution in [0, 0.1) is 0 Å². The lowest BCUT2D eigenvalue weighted by atomic mass is 9.95. The molecule has 1 saturated carbocycles. The minimum absolute atomic E-state index is 0.114. The first kappa shape index (κ1) is 17.5. The fraction of sp³-hybridized carbons (Fsp3) is 0.611. The van der Waals surface area contributed by atoms with Crippen molar-refractivity contribution in [2.45, 2.75) is 38.1 Å². The van der Waals surface area contributed by atoms with Crippen LogP contribution < -0.4 is 10.6 Å². The molecule has 2 fully saturated rings. The Morgan fingerprint density at radius 3 is 2.48 bits per heavy atom. The zero-order chi connectivity index (χ0) is 17.8. The molecule has 7 heteroatoms. The van der Waals surface area contributed by atoms with Crippen molar-refractivity contribution in [2.75, 3.05) is 38.1 Å². The van der Waals surface area contributed by atoms with Gasteiger partial charge in [0.25, 0.3) is 5.91 Å². The first-order chi connectivity index (χ1) is 12.1. The number of urea groups is 1. The average molecular weight is 345 g/mol. The summed E-state index contributed by atoms with van der Waals surface area (Å²) in [6.07, 6.45) is 7.59. The predicted molar refractivity (Wildman–Crippen MR) is 96.6 cm³/mol. The van der Waals surface area contributed by atoms with E-state index in [1.165, 1.54) is 19.3 Å². The normalized spacial score (nSPS) is 18.9. The molecule has 0 atom stereocenters. The molecule has 136 valence electrons.